The van der Waals surface area contributed by atoms with E-state index in [1.165, 1.54) is 27.7 Å². The standard InChI is InChI=1S/C16H15NO/c1-11-16(12-7-9-13(18-2)10-8-12)14-5-3-4-6-15(14)17-11/h3-10,17H,1-2H3. The molecule has 0 radical (unpaired) electrons. The van der Waals surface area contributed by atoms with Gasteiger partial charge in [0.15, 0.2) is 0 Å². The van der Waals surface area contributed by atoms with Gasteiger partial charge in [-0.2, -0.15) is 0 Å². The summed E-state index contributed by atoms with van der Waals surface area (Å²) >= 11 is 0. The molecule has 18 heavy (non-hydrogen) atoms. The zero-order valence-electron chi connectivity index (χ0n) is 10.5. The van der Waals surface area contributed by atoms with Gasteiger partial charge < -0.3 is 9.72 Å². The summed E-state index contributed by atoms with van der Waals surface area (Å²) in [6.07, 6.45) is 0. The van der Waals surface area contributed by atoms with E-state index in [1.807, 2.05) is 12.1 Å². The van der Waals surface area contributed by atoms with E-state index in [1.54, 1.807) is 7.11 Å². The monoisotopic (exact) mass is 237 g/mol. The van der Waals surface area contributed by atoms with Crippen LogP contribution in [-0.2, 0) is 0 Å². The highest BCUT2D eigenvalue weighted by Crippen LogP contribution is 2.32. The average molecular weight is 237 g/mol. The van der Waals surface area contributed by atoms with Crippen LogP contribution in [0.2, 0.25) is 0 Å². The third-order valence-electron chi connectivity index (χ3n) is 3.27. The minimum absolute atomic E-state index is 0.885. The van der Waals surface area contributed by atoms with E-state index in [9.17, 15) is 0 Å². The van der Waals surface area contributed by atoms with Crippen LogP contribution in [0.15, 0.2) is 48.5 Å². The molecular formula is C16H15NO. The van der Waals surface area contributed by atoms with Crippen LogP contribution in [0.3, 0.4) is 0 Å². The number of nitrogens with one attached hydrogen (secondary N) is 1. The van der Waals surface area contributed by atoms with E-state index in [-0.39, 0.29) is 0 Å². The van der Waals surface area contributed by atoms with Gasteiger partial charge >= 0.3 is 0 Å². The Morgan fingerprint density at radius 1 is 0.944 bits per heavy atom. The van der Waals surface area contributed by atoms with Crippen molar-refractivity contribution in [3.8, 4) is 16.9 Å². The van der Waals surface area contributed by atoms with Gasteiger partial charge in [-0.15, -0.1) is 0 Å². The molecule has 0 aliphatic carbocycles. The molecule has 0 spiro atoms. The van der Waals surface area contributed by atoms with Crippen LogP contribution < -0.4 is 4.74 Å². The topological polar surface area (TPSA) is 25.0 Å². The number of para-hydroxylation sites is 1. The van der Waals surface area contributed by atoms with Crippen molar-refractivity contribution < 1.29 is 4.74 Å². The Morgan fingerprint density at radius 2 is 1.67 bits per heavy atom. The lowest BCUT2D eigenvalue weighted by Gasteiger charge is -2.04. The van der Waals surface area contributed by atoms with Crippen molar-refractivity contribution in [2.45, 2.75) is 6.92 Å². The predicted octanol–water partition coefficient (Wildman–Crippen LogP) is 4.15. The summed E-state index contributed by atoms with van der Waals surface area (Å²) in [5.74, 6) is 0.885. The molecule has 90 valence electrons. The van der Waals surface area contributed by atoms with E-state index < -0.39 is 0 Å². The fourth-order valence-corrected chi connectivity index (χ4v) is 2.41. The number of benzene rings is 2. The van der Waals surface area contributed by atoms with Crippen LogP contribution in [0.4, 0.5) is 0 Å². The van der Waals surface area contributed by atoms with Crippen molar-refractivity contribution in [1.82, 2.24) is 4.98 Å². The summed E-state index contributed by atoms with van der Waals surface area (Å²) in [7, 11) is 1.69. The maximum absolute atomic E-state index is 5.20. The van der Waals surface area contributed by atoms with Crippen molar-refractivity contribution >= 4 is 10.9 Å². The largest absolute Gasteiger partial charge is 0.497 e. The number of aromatic amines is 1. The van der Waals surface area contributed by atoms with Crippen LogP contribution in [-0.4, -0.2) is 12.1 Å². The Kier molecular flexibility index (Phi) is 2.56. The first-order valence-electron chi connectivity index (χ1n) is 6.01. The number of H-pyrrole nitrogens is 1. The number of ether oxygens (including phenoxy) is 1. The molecule has 2 aromatic carbocycles. The molecule has 0 aliphatic heterocycles. The van der Waals surface area contributed by atoms with Crippen LogP contribution in [0.5, 0.6) is 5.75 Å². The molecule has 0 aliphatic rings. The van der Waals surface area contributed by atoms with E-state index in [0.29, 0.717) is 0 Å². The first-order valence-corrected chi connectivity index (χ1v) is 6.01. The Bertz CT molecular complexity index is 680. The highest BCUT2D eigenvalue weighted by Gasteiger charge is 2.09. The quantitative estimate of drug-likeness (QED) is 0.711. The molecule has 1 N–H and O–H groups in total. The van der Waals surface area contributed by atoms with E-state index in [4.69, 9.17) is 4.74 Å². The summed E-state index contributed by atoms with van der Waals surface area (Å²) in [6.45, 7) is 2.11. The molecule has 1 heterocycles. The lowest BCUT2D eigenvalue weighted by molar-refractivity contribution is 0.415. The fourth-order valence-electron chi connectivity index (χ4n) is 2.41. The normalized spacial score (nSPS) is 10.8. The summed E-state index contributed by atoms with van der Waals surface area (Å²) in [5.41, 5.74) is 4.86. The fraction of sp³-hybridized carbons (Fsp3) is 0.125. The first-order chi connectivity index (χ1) is 8.79. The Labute approximate surface area is 106 Å². The minimum Gasteiger partial charge on any atom is -0.497 e. The van der Waals surface area contributed by atoms with Crippen LogP contribution >= 0.6 is 0 Å². The molecular weight excluding hydrogens is 222 g/mol. The number of hydrogen-bond donors (Lipinski definition) is 1. The lowest BCUT2D eigenvalue weighted by atomic mass is 10.0. The third kappa shape index (κ3) is 1.66. The number of rotatable bonds is 2. The van der Waals surface area contributed by atoms with Crippen LogP contribution in [0.1, 0.15) is 5.69 Å². The number of fused-ring (bicyclic) bond motifs is 1. The second-order valence-corrected chi connectivity index (χ2v) is 4.40. The average Bonchev–Trinajstić information content (AvgIpc) is 2.75. The minimum atomic E-state index is 0.885. The van der Waals surface area contributed by atoms with Crippen molar-refractivity contribution in [1.29, 1.82) is 0 Å². The van der Waals surface area contributed by atoms with Crippen LogP contribution in [0.25, 0.3) is 22.0 Å². The SMILES string of the molecule is COc1ccc(-c2c(C)[nH]c3ccccc23)cc1. The highest BCUT2D eigenvalue weighted by atomic mass is 16.5. The van der Waals surface area contributed by atoms with E-state index in [2.05, 4.69) is 48.3 Å². The molecule has 2 heteroatoms. The summed E-state index contributed by atoms with van der Waals surface area (Å²) in [4.78, 5) is 3.42. The molecule has 0 amide bonds. The summed E-state index contributed by atoms with van der Waals surface area (Å²) < 4.78 is 5.20. The Morgan fingerprint density at radius 3 is 2.39 bits per heavy atom. The predicted molar refractivity (Wildman–Crippen MR) is 75.0 cm³/mol. The molecule has 3 aromatic rings. The molecule has 3 rings (SSSR count). The number of aryl methyl sites for hydroxylation is 1. The zero-order chi connectivity index (χ0) is 12.5. The van der Waals surface area contributed by atoms with Crippen LogP contribution in [0, 0.1) is 6.92 Å². The molecule has 0 bridgehead atoms. The molecule has 2 nitrogen and oxygen atoms in total. The van der Waals surface area contributed by atoms with Crippen molar-refractivity contribution in [3.05, 3.63) is 54.2 Å². The van der Waals surface area contributed by atoms with Gasteiger partial charge in [0, 0.05) is 22.2 Å². The number of hydrogen-bond acceptors (Lipinski definition) is 1. The van der Waals surface area contributed by atoms with E-state index >= 15 is 0 Å². The van der Waals surface area contributed by atoms with Gasteiger partial charge in [0.25, 0.3) is 0 Å². The molecule has 0 atom stereocenters. The maximum atomic E-state index is 5.20. The number of aromatic nitrogens is 1. The maximum Gasteiger partial charge on any atom is 0.118 e. The van der Waals surface area contributed by atoms with Gasteiger partial charge in [-0.3, -0.25) is 0 Å². The van der Waals surface area contributed by atoms with Gasteiger partial charge in [0.2, 0.25) is 0 Å². The van der Waals surface area contributed by atoms with Crippen molar-refractivity contribution in [2.75, 3.05) is 7.11 Å². The Hall–Kier alpha value is -2.22. The second-order valence-electron chi connectivity index (χ2n) is 4.40. The molecule has 0 saturated heterocycles. The molecule has 0 fully saturated rings. The van der Waals surface area contributed by atoms with Gasteiger partial charge in [-0.25, -0.2) is 0 Å². The first kappa shape index (κ1) is 10.9. The van der Waals surface area contributed by atoms with Gasteiger partial charge in [-0.1, -0.05) is 30.3 Å². The van der Waals surface area contributed by atoms with Gasteiger partial charge in [0.1, 0.15) is 5.75 Å². The Balaban J connectivity index is 2.20. The lowest BCUT2D eigenvalue weighted by Crippen LogP contribution is -1.83. The van der Waals surface area contributed by atoms with Crippen molar-refractivity contribution in [2.24, 2.45) is 0 Å². The molecule has 1 aromatic heterocycles. The van der Waals surface area contributed by atoms with Crippen molar-refractivity contribution in [3.63, 3.8) is 0 Å². The second kappa shape index (κ2) is 4.22. The highest BCUT2D eigenvalue weighted by molar-refractivity contribution is 5.97. The zero-order valence-corrected chi connectivity index (χ0v) is 10.5. The molecule has 0 unspecified atom stereocenters. The van der Waals surface area contributed by atoms with Gasteiger partial charge in [0.05, 0.1) is 7.11 Å². The smallest absolute Gasteiger partial charge is 0.118 e. The van der Waals surface area contributed by atoms with E-state index in [0.717, 1.165) is 5.75 Å². The number of methoxy groups -OCH3 is 1. The molecule has 0 saturated carbocycles. The third-order valence-corrected chi connectivity index (χ3v) is 3.27. The van der Waals surface area contributed by atoms with Gasteiger partial charge in [-0.05, 0) is 30.7 Å². The summed E-state index contributed by atoms with van der Waals surface area (Å²) in [5, 5.41) is 1.26. The summed E-state index contributed by atoms with van der Waals surface area (Å²) in [6, 6.07) is 16.6.